The summed E-state index contributed by atoms with van der Waals surface area (Å²) in [4.78, 5) is 25.2. The first-order valence-electron chi connectivity index (χ1n) is 8.61. The van der Waals surface area contributed by atoms with Gasteiger partial charge in [-0.3, -0.25) is 4.90 Å². The predicted octanol–water partition coefficient (Wildman–Crippen LogP) is 4.71. The van der Waals surface area contributed by atoms with E-state index in [2.05, 4.69) is 0 Å². The molecule has 1 aliphatic rings. The predicted molar refractivity (Wildman–Crippen MR) is 97.3 cm³/mol. The van der Waals surface area contributed by atoms with Crippen molar-refractivity contribution in [2.24, 2.45) is 5.73 Å². The second kappa shape index (κ2) is 7.83. The van der Waals surface area contributed by atoms with Crippen molar-refractivity contribution in [3.8, 4) is 11.1 Å². The summed E-state index contributed by atoms with van der Waals surface area (Å²) in [6, 6.07) is 17.7. The van der Waals surface area contributed by atoms with Gasteiger partial charge in [0, 0.05) is 11.7 Å². The fourth-order valence-electron chi connectivity index (χ4n) is 3.41. The molecular weight excluding hydrogens is 316 g/mol. The highest BCUT2D eigenvalue weighted by molar-refractivity contribution is 5.95. The zero-order chi connectivity index (χ0) is 17.6. The van der Waals surface area contributed by atoms with Crippen molar-refractivity contribution in [3.63, 3.8) is 0 Å². The van der Waals surface area contributed by atoms with Crippen LogP contribution in [-0.2, 0) is 4.74 Å². The Kier molecular flexibility index (Phi) is 5.33. The van der Waals surface area contributed by atoms with Crippen molar-refractivity contribution < 1.29 is 14.3 Å². The van der Waals surface area contributed by atoms with Gasteiger partial charge in [-0.25, -0.2) is 9.59 Å². The number of nitrogens with two attached hydrogens (primary N) is 1. The minimum atomic E-state index is -1.08. The van der Waals surface area contributed by atoms with Gasteiger partial charge in [-0.15, -0.1) is 0 Å². The third-order valence-corrected chi connectivity index (χ3v) is 4.56. The smallest absolute Gasteiger partial charge is 0.359 e. The lowest BCUT2D eigenvalue weighted by Crippen LogP contribution is -2.43. The largest absolute Gasteiger partial charge is 0.423 e. The van der Waals surface area contributed by atoms with E-state index in [-0.39, 0.29) is 6.04 Å². The van der Waals surface area contributed by atoms with Crippen molar-refractivity contribution in [3.05, 3.63) is 54.6 Å². The summed E-state index contributed by atoms with van der Waals surface area (Å²) in [5.41, 5.74) is 7.84. The second-order valence-electron chi connectivity index (χ2n) is 6.27. The van der Waals surface area contributed by atoms with Gasteiger partial charge < -0.3 is 10.5 Å². The molecule has 0 spiro atoms. The topological polar surface area (TPSA) is 72.6 Å². The van der Waals surface area contributed by atoms with E-state index in [4.69, 9.17) is 10.5 Å². The molecule has 0 radical (unpaired) electrons. The molecule has 1 saturated carbocycles. The van der Waals surface area contributed by atoms with E-state index in [0.717, 1.165) is 42.5 Å². The van der Waals surface area contributed by atoms with Gasteiger partial charge in [-0.1, -0.05) is 61.7 Å². The van der Waals surface area contributed by atoms with Crippen LogP contribution < -0.4 is 10.6 Å². The van der Waals surface area contributed by atoms with Gasteiger partial charge in [0.05, 0.1) is 0 Å². The van der Waals surface area contributed by atoms with Crippen LogP contribution >= 0.6 is 0 Å². The summed E-state index contributed by atoms with van der Waals surface area (Å²) >= 11 is 0. The molecule has 25 heavy (non-hydrogen) atoms. The molecular formula is C20H22N2O3. The van der Waals surface area contributed by atoms with Crippen LogP contribution in [0.5, 0.6) is 0 Å². The number of carbonyl (C=O) groups is 2. The Morgan fingerprint density at radius 2 is 1.60 bits per heavy atom. The van der Waals surface area contributed by atoms with E-state index in [1.807, 2.05) is 54.6 Å². The highest BCUT2D eigenvalue weighted by atomic mass is 16.6. The van der Waals surface area contributed by atoms with Gasteiger partial charge in [-0.2, -0.15) is 0 Å². The van der Waals surface area contributed by atoms with Gasteiger partial charge >= 0.3 is 12.2 Å². The molecule has 5 nitrogen and oxygen atoms in total. The standard InChI is InChI=1S/C20H22N2O3/c21-19(23)25-20(24)22(17-11-5-2-6-12-17)18-13-7-10-16(14-18)15-8-3-1-4-9-15/h1,3-4,7-10,13-14,17H,2,5-6,11-12H2,(H2,21,23). The Labute approximate surface area is 147 Å². The normalized spacial score (nSPS) is 14.7. The van der Waals surface area contributed by atoms with Crippen LogP contribution in [0.15, 0.2) is 54.6 Å². The van der Waals surface area contributed by atoms with E-state index in [1.54, 1.807) is 4.90 Å². The van der Waals surface area contributed by atoms with Crippen molar-refractivity contribution >= 4 is 17.9 Å². The fraction of sp³-hybridized carbons (Fsp3) is 0.300. The second-order valence-corrected chi connectivity index (χ2v) is 6.27. The Morgan fingerprint density at radius 1 is 0.920 bits per heavy atom. The van der Waals surface area contributed by atoms with Crippen LogP contribution in [0.3, 0.4) is 0 Å². The third kappa shape index (κ3) is 4.18. The average molecular weight is 338 g/mol. The maximum Gasteiger partial charge on any atom is 0.423 e. The van der Waals surface area contributed by atoms with Crippen molar-refractivity contribution in [1.82, 2.24) is 0 Å². The van der Waals surface area contributed by atoms with E-state index < -0.39 is 12.2 Å². The number of nitrogens with zero attached hydrogens (tertiary/aromatic N) is 1. The Balaban J connectivity index is 1.94. The molecule has 0 atom stereocenters. The number of carbonyl (C=O) groups excluding carboxylic acids is 2. The molecule has 1 aliphatic carbocycles. The monoisotopic (exact) mass is 338 g/mol. The minimum Gasteiger partial charge on any atom is -0.359 e. The number of benzene rings is 2. The van der Waals surface area contributed by atoms with Gasteiger partial charge in [0.25, 0.3) is 0 Å². The van der Waals surface area contributed by atoms with Gasteiger partial charge in [0.2, 0.25) is 0 Å². The molecule has 0 unspecified atom stereocenters. The van der Waals surface area contributed by atoms with Crippen LogP contribution in [0.1, 0.15) is 32.1 Å². The minimum absolute atomic E-state index is 0.0200. The van der Waals surface area contributed by atoms with Gasteiger partial charge in [0.15, 0.2) is 0 Å². The highest BCUT2D eigenvalue weighted by Gasteiger charge is 2.29. The lowest BCUT2D eigenvalue weighted by Gasteiger charge is -2.33. The van der Waals surface area contributed by atoms with E-state index in [9.17, 15) is 9.59 Å². The van der Waals surface area contributed by atoms with Crippen LogP contribution in [0, 0.1) is 0 Å². The number of hydrogen-bond acceptors (Lipinski definition) is 3. The summed E-state index contributed by atoms with van der Waals surface area (Å²) in [6.07, 6.45) is 3.29. The molecule has 2 aromatic rings. The molecule has 0 heterocycles. The lowest BCUT2D eigenvalue weighted by atomic mass is 9.93. The van der Waals surface area contributed by atoms with Crippen LogP contribution in [-0.4, -0.2) is 18.2 Å². The summed E-state index contributed by atoms with van der Waals surface area (Å²) in [5.74, 6) is 0. The summed E-state index contributed by atoms with van der Waals surface area (Å²) < 4.78 is 4.69. The van der Waals surface area contributed by atoms with E-state index >= 15 is 0 Å². The first-order chi connectivity index (χ1) is 12.1. The van der Waals surface area contributed by atoms with Crippen molar-refractivity contribution in [1.29, 1.82) is 0 Å². The number of primary amides is 1. The zero-order valence-corrected chi connectivity index (χ0v) is 14.1. The molecule has 5 heteroatoms. The fourth-order valence-corrected chi connectivity index (χ4v) is 3.41. The maximum absolute atomic E-state index is 12.5. The Hall–Kier alpha value is -2.82. The molecule has 2 N–H and O–H groups in total. The summed E-state index contributed by atoms with van der Waals surface area (Å²) in [7, 11) is 0. The van der Waals surface area contributed by atoms with Gasteiger partial charge in [-0.05, 0) is 36.1 Å². The molecule has 0 bridgehead atoms. The van der Waals surface area contributed by atoms with Gasteiger partial charge in [0.1, 0.15) is 0 Å². The zero-order valence-electron chi connectivity index (χ0n) is 14.1. The summed E-state index contributed by atoms with van der Waals surface area (Å²) in [5, 5.41) is 0. The van der Waals surface area contributed by atoms with E-state index in [0.29, 0.717) is 0 Å². The first-order valence-corrected chi connectivity index (χ1v) is 8.61. The number of hydrogen-bond donors (Lipinski definition) is 1. The first kappa shape index (κ1) is 17.0. The molecule has 2 aromatic carbocycles. The molecule has 3 rings (SSSR count). The molecule has 1 fully saturated rings. The average Bonchev–Trinajstić information content (AvgIpc) is 2.63. The lowest BCUT2D eigenvalue weighted by molar-refractivity contribution is 0.159. The highest BCUT2D eigenvalue weighted by Crippen LogP contribution is 2.31. The third-order valence-electron chi connectivity index (χ3n) is 4.56. The molecule has 130 valence electrons. The molecule has 0 aliphatic heterocycles. The number of anilines is 1. The maximum atomic E-state index is 12.5. The molecule has 2 amide bonds. The van der Waals surface area contributed by atoms with Crippen molar-refractivity contribution in [2.75, 3.05) is 4.90 Å². The number of amides is 2. The van der Waals surface area contributed by atoms with Crippen LogP contribution in [0.2, 0.25) is 0 Å². The number of rotatable bonds is 3. The van der Waals surface area contributed by atoms with Crippen LogP contribution in [0.4, 0.5) is 15.3 Å². The molecule has 0 saturated heterocycles. The Bertz CT molecular complexity index is 740. The van der Waals surface area contributed by atoms with E-state index in [1.165, 1.54) is 6.42 Å². The molecule has 0 aromatic heterocycles. The summed E-state index contributed by atoms with van der Waals surface area (Å²) in [6.45, 7) is 0. The Morgan fingerprint density at radius 3 is 2.28 bits per heavy atom. The quantitative estimate of drug-likeness (QED) is 0.824. The number of ether oxygens (including phenoxy) is 1. The van der Waals surface area contributed by atoms with Crippen molar-refractivity contribution in [2.45, 2.75) is 38.1 Å². The van der Waals surface area contributed by atoms with Crippen LogP contribution in [0.25, 0.3) is 11.1 Å². The SMILES string of the molecule is NC(=O)OC(=O)N(c1cccc(-c2ccccc2)c1)C1CCCCC1.